The Bertz CT molecular complexity index is 316. The fraction of sp³-hybridized carbons (Fsp3) is 0.500. The van der Waals surface area contributed by atoms with Gasteiger partial charge in [0.25, 0.3) is 0 Å². The van der Waals surface area contributed by atoms with Gasteiger partial charge >= 0.3 is 0 Å². The van der Waals surface area contributed by atoms with E-state index in [1.807, 2.05) is 18.2 Å². The molecule has 0 aromatic heterocycles. The normalized spacial score (nSPS) is 17.3. The van der Waals surface area contributed by atoms with Gasteiger partial charge in [0.2, 0.25) is 0 Å². The van der Waals surface area contributed by atoms with Crippen molar-refractivity contribution in [1.82, 2.24) is 0 Å². The number of rotatable bonds is 2. The van der Waals surface area contributed by atoms with Crippen molar-refractivity contribution in [2.24, 2.45) is 0 Å². The third-order valence-corrected chi connectivity index (χ3v) is 2.99. The van der Waals surface area contributed by atoms with E-state index in [1.165, 1.54) is 31.2 Å². The Kier molecular flexibility index (Phi) is 2.97. The van der Waals surface area contributed by atoms with Crippen molar-refractivity contribution in [3.63, 3.8) is 0 Å². The first-order valence-corrected chi connectivity index (χ1v) is 5.56. The highest BCUT2D eigenvalue weighted by atomic mass is 35.5. The van der Waals surface area contributed by atoms with Crippen LogP contribution < -0.4 is 4.74 Å². The molecule has 0 heterocycles. The smallest absolute Gasteiger partial charge is 0.138 e. The maximum Gasteiger partial charge on any atom is 0.138 e. The molecule has 0 aliphatic heterocycles. The van der Waals surface area contributed by atoms with Crippen LogP contribution in [0.5, 0.6) is 5.75 Å². The molecular formula is C12H15ClO. The van der Waals surface area contributed by atoms with E-state index in [4.69, 9.17) is 16.3 Å². The molecule has 2 heteroatoms. The second kappa shape index (κ2) is 4.22. The van der Waals surface area contributed by atoms with Crippen molar-refractivity contribution in [2.75, 3.05) is 0 Å². The monoisotopic (exact) mass is 210 g/mol. The van der Waals surface area contributed by atoms with Gasteiger partial charge in [0.1, 0.15) is 5.75 Å². The predicted molar refractivity (Wildman–Crippen MR) is 59.1 cm³/mol. The van der Waals surface area contributed by atoms with Gasteiger partial charge in [-0.15, -0.1) is 0 Å². The van der Waals surface area contributed by atoms with Crippen molar-refractivity contribution in [1.29, 1.82) is 0 Å². The van der Waals surface area contributed by atoms with Gasteiger partial charge in [0.15, 0.2) is 0 Å². The molecule has 0 N–H and O–H groups in total. The first-order chi connectivity index (χ1) is 6.75. The molecule has 76 valence electrons. The molecule has 2 rings (SSSR count). The number of benzene rings is 1. The summed E-state index contributed by atoms with van der Waals surface area (Å²) in [6, 6.07) is 5.92. The standard InChI is InChI=1S/C12H15ClO/c1-9-6-7-11(13)12(8-9)14-10-4-2-3-5-10/h6-8,10H,2-5H2,1H3. The summed E-state index contributed by atoms with van der Waals surface area (Å²) in [5.74, 6) is 0.846. The van der Waals surface area contributed by atoms with Crippen molar-refractivity contribution in [3.8, 4) is 5.75 Å². The zero-order chi connectivity index (χ0) is 9.97. The van der Waals surface area contributed by atoms with Crippen LogP contribution in [-0.2, 0) is 0 Å². The molecule has 0 saturated heterocycles. The molecule has 0 spiro atoms. The summed E-state index contributed by atoms with van der Waals surface area (Å²) in [5.41, 5.74) is 1.20. The molecule has 1 nitrogen and oxygen atoms in total. The van der Waals surface area contributed by atoms with E-state index in [1.54, 1.807) is 0 Å². The van der Waals surface area contributed by atoms with Crippen LogP contribution in [-0.4, -0.2) is 6.10 Å². The molecule has 1 fully saturated rings. The summed E-state index contributed by atoms with van der Waals surface area (Å²) in [6.45, 7) is 2.05. The minimum atomic E-state index is 0.384. The SMILES string of the molecule is Cc1ccc(Cl)c(OC2CCCC2)c1. The molecule has 1 aromatic carbocycles. The Balaban J connectivity index is 2.10. The van der Waals surface area contributed by atoms with Crippen LogP contribution in [0.1, 0.15) is 31.2 Å². The summed E-state index contributed by atoms with van der Waals surface area (Å²) < 4.78 is 5.85. The van der Waals surface area contributed by atoms with Crippen LogP contribution >= 0.6 is 11.6 Å². The Hall–Kier alpha value is -0.690. The fourth-order valence-corrected chi connectivity index (χ4v) is 2.05. The highest BCUT2D eigenvalue weighted by molar-refractivity contribution is 6.32. The van der Waals surface area contributed by atoms with E-state index < -0.39 is 0 Å². The summed E-state index contributed by atoms with van der Waals surface area (Å²) in [4.78, 5) is 0. The largest absolute Gasteiger partial charge is 0.489 e. The molecule has 0 atom stereocenters. The van der Waals surface area contributed by atoms with Gasteiger partial charge in [-0.05, 0) is 50.3 Å². The summed E-state index contributed by atoms with van der Waals surface area (Å²) in [5, 5.41) is 0.725. The van der Waals surface area contributed by atoms with Crippen LogP contribution in [0, 0.1) is 6.92 Å². The minimum absolute atomic E-state index is 0.384. The second-order valence-corrected chi connectivity index (χ2v) is 4.37. The number of aryl methyl sites for hydroxylation is 1. The lowest BCUT2D eigenvalue weighted by atomic mass is 10.2. The maximum absolute atomic E-state index is 6.05. The molecule has 0 amide bonds. The zero-order valence-electron chi connectivity index (χ0n) is 8.42. The third-order valence-electron chi connectivity index (χ3n) is 2.68. The van der Waals surface area contributed by atoms with Crippen molar-refractivity contribution in [2.45, 2.75) is 38.7 Å². The Morgan fingerprint density at radius 2 is 2.00 bits per heavy atom. The Morgan fingerprint density at radius 3 is 2.71 bits per heavy atom. The number of ether oxygens (including phenoxy) is 1. The van der Waals surface area contributed by atoms with Crippen LogP contribution in [0.15, 0.2) is 18.2 Å². The highest BCUT2D eigenvalue weighted by Crippen LogP contribution is 2.30. The molecule has 1 aromatic rings. The summed E-state index contributed by atoms with van der Waals surface area (Å²) in [6.07, 6.45) is 5.30. The van der Waals surface area contributed by atoms with Crippen LogP contribution in [0.25, 0.3) is 0 Å². The number of hydrogen-bond acceptors (Lipinski definition) is 1. The number of hydrogen-bond donors (Lipinski definition) is 0. The Morgan fingerprint density at radius 1 is 1.29 bits per heavy atom. The lowest BCUT2D eigenvalue weighted by Gasteiger charge is -2.14. The first-order valence-electron chi connectivity index (χ1n) is 5.18. The van der Waals surface area contributed by atoms with E-state index in [0.717, 1.165) is 10.8 Å². The quantitative estimate of drug-likeness (QED) is 0.718. The van der Waals surface area contributed by atoms with E-state index in [2.05, 4.69) is 6.92 Å². The summed E-state index contributed by atoms with van der Waals surface area (Å²) in [7, 11) is 0. The highest BCUT2D eigenvalue weighted by Gasteiger charge is 2.17. The van der Waals surface area contributed by atoms with Crippen LogP contribution in [0.2, 0.25) is 5.02 Å². The van der Waals surface area contributed by atoms with Gasteiger partial charge in [0, 0.05) is 0 Å². The Labute approximate surface area is 90.0 Å². The minimum Gasteiger partial charge on any atom is -0.489 e. The molecule has 14 heavy (non-hydrogen) atoms. The topological polar surface area (TPSA) is 9.23 Å². The average molecular weight is 211 g/mol. The molecule has 1 aliphatic rings. The molecular weight excluding hydrogens is 196 g/mol. The van der Waals surface area contributed by atoms with Gasteiger partial charge in [-0.2, -0.15) is 0 Å². The molecule has 0 bridgehead atoms. The van der Waals surface area contributed by atoms with Crippen molar-refractivity contribution in [3.05, 3.63) is 28.8 Å². The molecule has 0 unspecified atom stereocenters. The van der Waals surface area contributed by atoms with E-state index in [-0.39, 0.29) is 0 Å². The third kappa shape index (κ3) is 2.21. The summed E-state index contributed by atoms with van der Waals surface area (Å²) >= 11 is 6.05. The number of halogens is 1. The lowest BCUT2D eigenvalue weighted by molar-refractivity contribution is 0.210. The van der Waals surface area contributed by atoms with E-state index in [9.17, 15) is 0 Å². The zero-order valence-corrected chi connectivity index (χ0v) is 9.18. The van der Waals surface area contributed by atoms with Gasteiger partial charge in [-0.3, -0.25) is 0 Å². The first kappa shape index (κ1) is 9.85. The molecule has 1 saturated carbocycles. The van der Waals surface area contributed by atoms with Crippen LogP contribution in [0.4, 0.5) is 0 Å². The van der Waals surface area contributed by atoms with Gasteiger partial charge < -0.3 is 4.74 Å². The van der Waals surface area contributed by atoms with Gasteiger partial charge in [-0.25, -0.2) is 0 Å². The van der Waals surface area contributed by atoms with Crippen molar-refractivity contribution < 1.29 is 4.74 Å². The van der Waals surface area contributed by atoms with Crippen molar-refractivity contribution >= 4 is 11.6 Å². The fourth-order valence-electron chi connectivity index (χ4n) is 1.89. The van der Waals surface area contributed by atoms with Gasteiger partial charge in [-0.1, -0.05) is 17.7 Å². The second-order valence-electron chi connectivity index (χ2n) is 3.96. The maximum atomic E-state index is 6.05. The predicted octanol–water partition coefficient (Wildman–Crippen LogP) is 3.97. The van der Waals surface area contributed by atoms with Gasteiger partial charge in [0.05, 0.1) is 11.1 Å². The van der Waals surface area contributed by atoms with E-state index >= 15 is 0 Å². The van der Waals surface area contributed by atoms with E-state index in [0.29, 0.717) is 6.10 Å². The average Bonchev–Trinajstić information content (AvgIpc) is 2.64. The van der Waals surface area contributed by atoms with Crippen LogP contribution in [0.3, 0.4) is 0 Å². The lowest BCUT2D eigenvalue weighted by Crippen LogP contribution is -2.11. The molecule has 0 radical (unpaired) electrons. The molecule has 1 aliphatic carbocycles.